The van der Waals surface area contributed by atoms with Gasteiger partial charge in [-0.05, 0) is 48.8 Å². The fourth-order valence-electron chi connectivity index (χ4n) is 2.44. The molecule has 0 spiro atoms. The molecule has 1 aliphatic heterocycles. The van der Waals surface area contributed by atoms with E-state index in [1.165, 1.54) is 4.90 Å². The molecule has 1 heterocycles. The summed E-state index contributed by atoms with van der Waals surface area (Å²) in [5.41, 5.74) is 0.874. The zero-order chi connectivity index (χ0) is 15.7. The van der Waals surface area contributed by atoms with Crippen LogP contribution in [-0.4, -0.2) is 30.3 Å². The van der Waals surface area contributed by atoms with Crippen LogP contribution in [0.5, 0.6) is 0 Å². The fourth-order valence-corrected chi connectivity index (χ4v) is 2.99. The van der Waals surface area contributed by atoms with Gasteiger partial charge in [-0.2, -0.15) is 0 Å². The third-order valence-electron chi connectivity index (χ3n) is 3.28. The van der Waals surface area contributed by atoms with Crippen molar-refractivity contribution in [3.63, 3.8) is 0 Å². The molecule has 5 nitrogen and oxygen atoms in total. The number of Topliss-reactive ketones (excluding diaryl/α,β-unsaturated/α-hetero) is 1. The Labute approximate surface area is 131 Å². The summed E-state index contributed by atoms with van der Waals surface area (Å²) in [6.07, 6.45) is 0. The van der Waals surface area contributed by atoms with E-state index in [0.29, 0.717) is 15.7 Å². The maximum absolute atomic E-state index is 12.6. The molecular formula is C15H16BrNO4. The summed E-state index contributed by atoms with van der Waals surface area (Å²) in [4.78, 5) is 38.6. The SMILES string of the molecule is CCOC(=O)C1C(=O)c2c(Br)cccc2N(C(C)C)C1=O. The monoisotopic (exact) mass is 353 g/mol. The van der Waals surface area contributed by atoms with Crippen LogP contribution < -0.4 is 4.90 Å². The second-order valence-corrected chi connectivity index (χ2v) is 5.84. The molecule has 1 unspecified atom stereocenters. The second kappa shape index (κ2) is 5.97. The number of hydrogen-bond acceptors (Lipinski definition) is 4. The van der Waals surface area contributed by atoms with E-state index >= 15 is 0 Å². The first kappa shape index (κ1) is 15.7. The van der Waals surface area contributed by atoms with Crippen LogP contribution in [0, 0.1) is 5.92 Å². The molecule has 0 N–H and O–H groups in total. The van der Waals surface area contributed by atoms with E-state index in [1.807, 2.05) is 13.8 Å². The van der Waals surface area contributed by atoms with Crippen LogP contribution in [0.4, 0.5) is 5.69 Å². The average Bonchev–Trinajstić information content (AvgIpc) is 2.38. The quantitative estimate of drug-likeness (QED) is 0.618. The standard InChI is InChI=1S/C15H16BrNO4/c1-4-21-15(20)12-13(18)11-9(16)6-5-7-10(11)17(8(2)3)14(12)19/h5-8,12H,4H2,1-3H3. The number of esters is 1. The van der Waals surface area contributed by atoms with Gasteiger partial charge in [0.25, 0.3) is 0 Å². The van der Waals surface area contributed by atoms with Crippen LogP contribution in [0.2, 0.25) is 0 Å². The number of rotatable bonds is 3. The zero-order valence-electron chi connectivity index (χ0n) is 12.1. The molecule has 1 amide bonds. The molecule has 0 radical (unpaired) electrons. The Hall–Kier alpha value is -1.69. The molecule has 0 aromatic heterocycles. The number of fused-ring (bicyclic) bond motifs is 1. The maximum atomic E-state index is 12.6. The Morgan fingerprint density at radius 2 is 2.05 bits per heavy atom. The van der Waals surface area contributed by atoms with E-state index in [-0.39, 0.29) is 12.6 Å². The van der Waals surface area contributed by atoms with Gasteiger partial charge >= 0.3 is 5.97 Å². The summed E-state index contributed by atoms with van der Waals surface area (Å²) in [6, 6.07) is 5.00. The molecule has 0 saturated carbocycles. The van der Waals surface area contributed by atoms with E-state index in [0.717, 1.165) is 0 Å². The minimum Gasteiger partial charge on any atom is -0.465 e. The van der Waals surface area contributed by atoms with Crippen molar-refractivity contribution in [2.24, 2.45) is 5.92 Å². The molecule has 0 bridgehead atoms. The lowest BCUT2D eigenvalue weighted by molar-refractivity contribution is -0.149. The predicted octanol–water partition coefficient (Wildman–Crippen LogP) is 2.57. The molecule has 21 heavy (non-hydrogen) atoms. The van der Waals surface area contributed by atoms with Crippen molar-refractivity contribution in [1.29, 1.82) is 0 Å². The molecule has 0 saturated heterocycles. The number of carbonyl (C=O) groups is 3. The number of ketones is 1. The molecule has 2 rings (SSSR count). The Balaban J connectivity index is 2.60. The molecule has 1 aromatic carbocycles. The number of anilines is 1. The molecule has 1 aliphatic rings. The Bertz CT molecular complexity index is 612. The highest BCUT2D eigenvalue weighted by Gasteiger charge is 2.46. The van der Waals surface area contributed by atoms with Crippen molar-refractivity contribution in [2.75, 3.05) is 11.5 Å². The van der Waals surface area contributed by atoms with E-state index in [1.54, 1.807) is 25.1 Å². The Morgan fingerprint density at radius 3 is 2.62 bits per heavy atom. The van der Waals surface area contributed by atoms with Crippen LogP contribution in [0.1, 0.15) is 31.1 Å². The number of amides is 1. The largest absolute Gasteiger partial charge is 0.465 e. The average molecular weight is 354 g/mol. The lowest BCUT2D eigenvalue weighted by Gasteiger charge is -2.35. The van der Waals surface area contributed by atoms with Crippen molar-refractivity contribution >= 4 is 39.3 Å². The highest BCUT2D eigenvalue weighted by Crippen LogP contribution is 2.36. The summed E-state index contributed by atoms with van der Waals surface area (Å²) in [6.45, 7) is 5.43. The van der Waals surface area contributed by atoms with Crippen LogP contribution >= 0.6 is 15.9 Å². The molecule has 112 valence electrons. The predicted molar refractivity (Wildman–Crippen MR) is 81.2 cm³/mol. The zero-order valence-corrected chi connectivity index (χ0v) is 13.6. The van der Waals surface area contributed by atoms with Gasteiger partial charge in [-0.3, -0.25) is 14.4 Å². The van der Waals surface area contributed by atoms with E-state index in [4.69, 9.17) is 4.74 Å². The Kier molecular flexibility index (Phi) is 4.46. The summed E-state index contributed by atoms with van der Waals surface area (Å²) in [5, 5.41) is 0. The number of nitrogens with zero attached hydrogens (tertiary/aromatic N) is 1. The number of halogens is 1. The molecule has 0 aliphatic carbocycles. The van der Waals surface area contributed by atoms with Crippen LogP contribution in [0.15, 0.2) is 22.7 Å². The van der Waals surface area contributed by atoms with Crippen molar-refractivity contribution in [3.8, 4) is 0 Å². The smallest absolute Gasteiger partial charge is 0.326 e. The minimum absolute atomic E-state index is 0.125. The molecule has 1 aromatic rings. The molecule has 0 fully saturated rings. The van der Waals surface area contributed by atoms with Gasteiger partial charge in [0.15, 0.2) is 11.7 Å². The number of hydrogen-bond donors (Lipinski definition) is 0. The third-order valence-corrected chi connectivity index (χ3v) is 3.94. The highest BCUT2D eigenvalue weighted by molar-refractivity contribution is 9.10. The van der Waals surface area contributed by atoms with Crippen LogP contribution in [0.3, 0.4) is 0 Å². The number of ether oxygens (including phenoxy) is 1. The summed E-state index contributed by atoms with van der Waals surface area (Å²) in [7, 11) is 0. The van der Waals surface area contributed by atoms with Gasteiger partial charge in [-0.1, -0.05) is 6.07 Å². The van der Waals surface area contributed by atoms with Gasteiger partial charge in [0.1, 0.15) is 0 Å². The lowest BCUT2D eigenvalue weighted by atomic mass is 9.89. The summed E-state index contributed by atoms with van der Waals surface area (Å²) in [5.74, 6) is -3.25. The Morgan fingerprint density at radius 1 is 1.38 bits per heavy atom. The second-order valence-electron chi connectivity index (χ2n) is 4.99. The molecular weight excluding hydrogens is 338 g/mol. The van der Waals surface area contributed by atoms with Crippen LogP contribution in [-0.2, 0) is 14.3 Å². The van der Waals surface area contributed by atoms with Crippen molar-refractivity contribution in [3.05, 3.63) is 28.2 Å². The van der Waals surface area contributed by atoms with Gasteiger partial charge in [-0.15, -0.1) is 0 Å². The summed E-state index contributed by atoms with van der Waals surface area (Å²) < 4.78 is 5.45. The maximum Gasteiger partial charge on any atom is 0.326 e. The van der Waals surface area contributed by atoms with Gasteiger partial charge in [0.2, 0.25) is 5.91 Å². The first-order valence-electron chi connectivity index (χ1n) is 6.72. The number of carbonyl (C=O) groups excluding carboxylic acids is 3. The number of benzene rings is 1. The minimum atomic E-state index is -1.42. The van der Waals surface area contributed by atoms with Gasteiger partial charge in [0.05, 0.1) is 17.9 Å². The fraction of sp³-hybridized carbons (Fsp3) is 0.400. The van der Waals surface area contributed by atoms with Crippen molar-refractivity contribution in [2.45, 2.75) is 26.8 Å². The van der Waals surface area contributed by atoms with E-state index < -0.39 is 23.6 Å². The third kappa shape index (κ3) is 2.60. The normalized spacial score (nSPS) is 18.0. The molecule has 1 atom stereocenters. The van der Waals surface area contributed by atoms with Crippen LogP contribution in [0.25, 0.3) is 0 Å². The van der Waals surface area contributed by atoms with Gasteiger partial charge in [0, 0.05) is 10.5 Å². The van der Waals surface area contributed by atoms with Gasteiger partial charge in [-0.25, -0.2) is 0 Å². The van der Waals surface area contributed by atoms with E-state index in [2.05, 4.69) is 15.9 Å². The first-order chi connectivity index (χ1) is 9.90. The van der Waals surface area contributed by atoms with E-state index in [9.17, 15) is 14.4 Å². The van der Waals surface area contributed by atoms with Gasteiger partial charge < -0.3 is 9.64 Å². The summed E-state index contributed by atoms with van der Waals surface area (Å²) >= 11 is 3.32. The van der Waals surface area contributed by atoms with Crippen molar-refractivity contribution in [1.82, 2.24) is 0 Å². The topological polar surface area (TPSA) is 63.7 Å². The van der Waals surface area contributed by atoms with Crippen molar-refractivity contribution < 1.29 is 19.1 Å². The highest BCUT2D eigenvalue weighted by atomic mass is 79.9. The molecule has 6 heteroatoms. The lowest BCUT2D eigenvalue weighted by Crippen LogP contribution is -2.51. The first-order valence-corrected chi connectivity index (χ1v) is 7.51.